The predicted molar refractivity (Wildman–Crippen MR) is 77.3 cm³/mol. The average molecular weight is 300 g/mol. The fourth-order valence-electron chi connectivity index (χ4n) is 2.75. The standard InChI is InChI=1S/C17H13FO4/c1-21-13-8-9(7-12(18)17(13)22-2)14-15(19)10-5-3-4-6-11(10)16(14)20/h3-8,14H,1-2H3. The van der Waals surface area contributed by atoms with Gasteiger partial charge in [-0.05, 0) is 17.7 Å². The van der Waals surface area contributed by atoms with E-state index in [1.165, 1.54) is 20.3 Å². The van der Waals surface area contributed by atoms with E-state index in [2.05, 4.69) is 0 Å². The lowest BCUT2D eigenvalue weighted by atomic mass is 9.93. The molecular formula is C17H13FO4. The minimum absolute atomic E-state index is 0.0540. The lowest BCUT2D eigenvalue weighted by Gasteiger charge is -2.13. The third-order valence-electron chi connectivity index (χ3n) is 3.77. The zero-order valence-corrected chi connectivity index (χ0v) is 12.1. The van der Waals surface area contributed by atoms with Crippen molar-refractivity contribution in [3.8, 4) is 11.5 Å². The van der Waals surface area contributed by atoms with Gasteiger partial charge in [0.1, 0.15) is 5.92 Å². The Balaban J connectivity index is 2.12. The second-order valence-electron chi connectivity index (χ2n) is 4.95. The summed E-state index contributed by atoms with van der Waals surface area (Å²) in [4.78, 5) is 24.9. The van der Waals surface area contributed by atoms with Gasteiger partial charge in [0, 0.05) is 11.1 Å². The number of Topliss-reactive ketones (excluding diaryl/α,β-unsaturated/α-hetero) is 2. The first-order valence-corrected chi connectivity index (χ1v) is 6.67. The minimum Gasteiger partial charge on any atom is -0.493 e. The Morgan fingerprint density at radius 1 is 0.955 bits per heavy atom. The predicted octanol–water partition coefficient (Wildman–Crippen LogP) is 3.01. The Bertz CT molecular complexity index is 747. The van der Waals surface area contributed by atoms with Crippen LogP contribution in [0, 0.1) is 5.82 Å². The maximum absolute atomic E-state index is 14.1. The first-order chi connectivity index (χ1) is 10.6. The zero-order valence-electron chi connectivity index (χ0n) is 12.1. The molecule has 0 N–H and O–H groups in total. The molecule has 4 nitrogen and oxygen atoms in total. The van der Waals surface area contributed by atoms with Crippen LogP contribution in [0.2, 0.25) is 0 Å². The molecule has 3 rings (SSSR count). The zero-order chi connectivity index (χ0) is 15.9. The van der Waals surface area contributed by atoms with Gasteiger partial charge in [0.2, 0.25) is 0 Å². The van der Waals surface area contributed by atoms with Crippen molar-refractivity contribution in [3.05, 3.63) is 58.9 Å². The molecule has 0 aromatic heterocycles. The van der Waals surface area contributed by atoms with Crippen molar-refractivity contribution < 1.29 is 23.5 Å². The van der Waals surface area contributed by atoms with E-state index in [4.69, 9.17) is 9.47 Å². The van der Waals surface area contributed by atoms with Crippen LogP contribution in [-0.2, 0) is 0 Å². The summed E-state index contributed by atoms with van der Waals surface area (Å²) >= 11 is 0. The van der Waals surface area contributed by atoms with E-state index in [-0.39, 0.29) is 28.6 Å². The molecule has 0 saturated carbocycles. The molecule has 0 aliphatic heterocycles. The second kappa shape index (κ2) is 5.26. The van der Waals surface area contributed by atoms with Crippen molar-refractivity contribution in [2.75, 3.05) is 14.2 Å². The summed E-state index contributed by atoms with van der Waals surface area (Å²) in [6.07, 6.45) is 0. The van der Waals surface area contributed by atoms with E-state index in [1.807, 2.05) is 0 Å². The molecule has 0 saturated heterocycles. The third kappa shape index (κ3) is 1.97. The Morgan fingerprint density at radius 2 is 1.55 bits per heavy atom. The highest BCUT2D eigenvalue weighted by Crippen LogP contribution is 2.39. The fraction of sp³-hybridized carbons (Fsp3) is 0.176. The van der Waals surface area contributed by atoms with Crippen LogP contribution in [0.15, 0.2) is 36.4 Å². The molecule has 0 radical (unpaired) electrons. The van der Waals surface area contributed by atoms with E-state index in [9.17, 15) is 14.0 Å². The van der Waals surface area contributed by atoms with E-state index in [0.29, 0.717) is 11.1 Å². The number of carbonyl (C=O) groups is 2. The summed E-state index contributed by atoms with van der Waals surface area (Å²) in [5.74, 6) is -2.27. The van der Waals surface area contributed by atoms with Crippen LogP contribution in [0.5, 0.6) is 11.5 Å². The summed E-state index contributed by atoms with van der Waals surface area (Å²) in [6.45, 7) is 0. The molecule has 22 heavy (non-hydrogen) atoms. The topological polar surface area (TPSA) is 52.6 Å². The number of rotatable bonds is 3. The molecule has 0 heterocycles. The number of benzene rings is 2. The van der Waals surface area contributed by atoms with Gasteiger partial charge in [-0.3, -0.25) is 9.59 Å². The van der Waals surface area contributed by atoms with E-state index >= 15 is 0 Å². The Kier molecular flexibility index (Phi) is 3.41. The summed E-state index contributed by atoms with van der Waals surface area (Å²) in [7, 11) is 2.69. The SMILES string of the molecule is COc1cc(C2C(=O)c3ccccc3C2=O)cc(F)c1OC. The molecule has 0 fully saturated rings. The molecule has 0 atom stereocenters. The van der Waals surface area contributed by atoms with Crippen LogP contribution in [0.1, 0.15) is 32.2 Å². The number of ketones is 2. The molecule has 1 aliphatic carbocycles. The highest BCUT2D eigenvalue weighted by Gasteiger charge is 2.40. The van der Waals surface area contributed by atoms with Crippen LogP contribution in [0.4, 0.5) is 4.39 Å². The number of halogens is 1. The maximum Gasteiger partial charge on any atom is 0.196 e. The van der Waals surface area contributed by atoms with Crippen molar-refractivity contribution in [1.82, 2.24) is 0 Å². The minimum atomic E-state index is -1.04. The normalized spacial score (nSPS) is 14.1. The Morgan fingerprint density at radius 3 is 2.05 bits per heavy atom. The van der Waals surface area contributed by atoms with Crippen molar-refractivity contribution in [3.63, 3.8) is 0 Å². The quantitative estimate of drug-likeness (QED) is 0.818. The van der Waals surface area contributed by atoms with Gasteiger partial charge >= 0.3 is 0 Å². The number of hydrogen-bond donors (Lipinski definition) is 0. The summed E-state index contributed by atoms with van der Waals surface area (Å²) in [5, 5.41) is 0. The molecule has 1 aliphatic rings. The van der Waals surface area contributed by atoms with Gasteiger partial charge in [-0.25, -0.2) is 4.39 Å². The highest BCUT2D eigenvalue weighted by molar-refractivity contribution is 6.29. The average Bonchev–Trinajstić information content (AvgIpc) is 2.78. The molecule has 0 spiro atoms. The van der Waals surface area contributed by atoms with Crippen molar-refractivity contribution >= 4 is 11.6 Å². The number of ether oxygens (including phenoxy) is 2. The number of fused-ring (bicyclic) bond motifs is 1. The lowest BCUT2D eigenvalue weighted by molar-refractivity contribution is 0.0890. The molecule has 2 aromatic carbocycles. The van der Waals surface area contributed by atoms with Crippen molar-refractivity contribution in [1.29, 1.82) is 0 Å². The van der Waals surface area contributed by atoms with E-state index < -0.39 is 11.7 Å². The molecule has 0 amide bonds. The first-order valence-electron chi connectivity index (χ1n) is 6.67. The largest absolute Gasteiger partial charge is 0.493 e. The maximum atomic E-state index is 14.1. The lowest BCUT2D eigenvalue weighted by Crippen LogP contribution is -2.13. The summed E-state index contributed by atoms with van der Waals surface area (Å²) in [6, 6.07) is 9.21. The molecule has 112 valence electrons. The van der Waals surface area contributed by atoms with Gasteiger partial charge in [0.15, 0.2) is 28.9 Å². The van der Waals surface area contributed by atoms with Gasteiger partial charge in [-0.15, -0.1) is 0 Å². The number of carbonyl (C=O) groups excluding carboxylic acids is 2. The Labute approximate surface area is 126 Å². The van der Waals surface area contributed by atoms with Crippen LogP contribution >= 0.6 is 0 Å². The Hall–Kier alpha value is -2.69. The highest BCUT2D eigenvalue weighted by atomic mass is 19.1. The molecule has 5 heteroatoms. The van der Waals surface area contributed by atoms with Gasteiger partial charge in [0.05, 0.1) is 14.2 Å². The van der Waals surface area contributed by atoms with E-state index in [1.54, 1.807) is 24.3 Å². The van der Waals surface area contributed by atoms with E-state index in [0.717, 1.165) is 6.07 Å². The van der Waals surface area contributed by atoms with Gasteiger partial charge in [-0.1, -0.05) is 24.3 Å². The van der Waals surface area contributed by atoms with Crippen LogP contribution in [0.25, 0.3) is 0 Å². The molecule has 0 unspecified atom stereocenters. The first kappa shape index (κ1) is 14.3. The van der Waals surface area contributed by atoms with Crippen LogP contribution in [0.3, 0.4) is 0 Å². The number of hydrogen-bond acceptors (Lipinski definition) is 4. The van der Waals surface area contributed by atoms with Crippen LogP contribution < -0.4 is 9.47 Å². The monoisotopic (exact) mass is 300 g/mol. The fourth-order valence-corrected chi connectivity index (χ4v) is 2.75. The third-order valence-corrected chi connectivity index (χ3v) is 3.77. The summed E-state index contributed by atoms with van der Waals surface area (Å²) in [5.41, 5.74) is 1.00. The van der Waals surface area contributed by atoms with Crippen molar-refractivity contribution in [2.24, 2.45) is 0 Å². The summed E-state index contributed by atoms with van der Waals surface area (Å²) < 4.78 is 24.1. The van der Waals surface area contributed by atoms with Crippen molar-refractivity contribution in [2.45, 2.75) is 5.92 Å². The van der Waals surface area contributed by atoms with Gasteiger partial charge in [0.25, 0.3) is 0 Å². The smallest absolute Gasteiger partial charge is 0.196 e. The second-order valence-corrected chi connectivity index (χ2v) is 4.95. The van der Waals surface area contributed by atoms with Crippen LogP contribution in [-0.4, -0.2) is 25.8 Å². The molecular weight excluding hydrogens is 287 g/mol. The number of methoxy groups -OCH3 is 2. The van der Waals surface area contributed by atoms with Gasteiger partial charge < -0.3 is 9.47 Å². The molecule has 0 bridgehead atoms. The van der Waals surface area contributed by atoms with Gasteiger partial charge in [-0.2, -0.15) is 0 Å². The molecule has 2 aromatic rings.